The second-order valence-electron chi connectivity index (χ2n) is 5.14. The summed E-state index contributed by atoms with van der Waals surface area (Å²) in [5.74, 6) is 0.873. The number of methoxy groups -OCH3 is 1. The molecule has 4 heteroatoms. The van der Waals surface area contributed by atoms with Gasteiger partial charge < -0.3 is 15.4 Å². The van der Waals surface area contributed by atoms with Crippen LogP contribution in [0.25, 0.3) is 0 Å². The zero-order valence-electron chi connectivity index (χ0n) is 12.2. The lowest BCUT2D eigenvalue weighted by atomic mass is 9.84. The molecule has 4 nitrogen and oxygen atoms in total. The molecule has 1 rings (SSSR count). The molecule has 1 aromatic carbocycles. The van der Waals surface area contributed by atoms with Crippen LogP contribution < -0.4 is 15.4 Å². The van der Waals surface area contributed by atoms with E-state index in [1.807, 2.05) is 31.2 Å². The van der Waals surface area contributed by atoms with Crippen molar-refractivity contribution in [3.05, 3.63) is 29.8 Å². The third-order valence-electron chi connectivity index (χ3n) is 3.10. The van der Waals surface area contributed by atoms with Gasteiger partial charge in [0, 0.05) is 17.5 Å². The van der Waals surface area contributed by atoms with Crippen molar-refractivity contribution in [1.82, 2.24) is 10.6 Å². The molecule has 0 aromatic heterocycles. The first kappa shape index (κ1) is 15.5. The van der Waals surface area contributed by atoms with E-state index < -0.39 is 0 Å². The van der Waals surface area contributed by atoms with Crippen LogP contribution >= 0.6 is 0 Å². The average Bonchev–Trinajstić information content (AvgIpc) is 2.43. The second kappa shape index (κ2) is 7.14. The highest BCUT2D eigenvalue weighted by molar-refractivity contribution is 5.78. The molecule has 0 saturated heterocycles. The Balaban J connectivity index is 2.67. The first-order valence-electron chi connectivity index (χ1n) is 6.62. The SMILES string of the molecule is CCNCC(=O)NCC(C)(C)c1ccccc1OC. The van der Waals surface area contributed by atoms with Gasteiger partial charge in [-0.1, -0.05) is 39.0 Å². The molecule has 0 aliphatic rings. The molecular weight excluding hydrogens is 240 g/mol. The minimum atomic E-state index is -0.172. The molecule has 0 atom stereocenters. The predicted molar refractivity (Wildman–Crippen MR) is 77.6 cm³/mol. The number of benzene rings is 1. The highest BCUT2D eigenvalue weighted by Gasteiger charge is 2.24. The summed E-state index contributed by atoms with van der Waals surface area (Å²) in [7, 11) is 1.67. The van der Waals surface area contributed by atoms with Gasteiger partial charge in [0.2, 0.25) is 5.91 Å². The van der Waals surface area contributed by atoms with Gasteiger partial charge in [0.25, 0.3) is 0 Å². The monoisotopic (exact) mass is 264 g/mol. The van der Waals surface area contributed by atoms with Crippen LogP contribution in [0.4, 0.5) is 0 Å². The Morgan fingerprint density at radius 2 is 2.00 bits per heavy atom. The standard InChI is InChI=1S/C15H24N2O2/c1-5-16-10-14(18)17-11-15(2,3)12-8-6-7-9-13(12)19-4/h6-9,16H,5,10-11H2,1-4H3,(H,17,18). The van der Waals surface area contributed by atoms with E-state index in [9.17, 15) is 4.79 Å². The zero-order chi connectivity index (χ0) is 14.3. The zero-order valence-corrected chi connectivity index (χ0v) is 12.2. The van der Waals surface area contributed by atoms with E-state index in [1.54, 1.807) is 7.11 Å². The highest BCUT2D eigenvalue weighted by atomic mass is 16.5. The van der Waals surface area contributed by atoms with Crippen LogP contribution in [0, 0.1) is 0 Å². The average molecular weight is 264 g/mol. The Hall–Kier alpha value is -1.55. The first-order chi connectivity index (χ1) is 9.01. The van der Waals surface area contributed by atoms with E-state index in [1.165, 1.54) is 0 Å². The number of carbonyl (C=O) groups is 1. The Labute approximate surface area is 115 Å². The fourth-order valence-corrected chi connectivity index (χ4v) is 1.92. The van der Waals surface area contributed by atoms with Gasteiger partial charge in [-0.2, -0.15) is 0 Å². The molecular formula is C15H24N2O2. The Morgan fingerprint density at radius 3 is 2.63 bits per heavy atom. The maximum Gasteiger partial charge on any atom is 0.233 e. The van der Waals surface area contributed by atoms with Gasteiger partial charge in [0.1, 0.15) is 5.75 Å². The van der Waals surface area contributed by atoms with Crippen molar-refractivity contribution >= 4 is 5.91 Å². The number of likely N-dealkylation sites (N-methyl/N-ethyl adjacent to an activating group) is 1. The number of hydrogen-bond donors (Lipinski definition) is 2. The number of hydrogen-bond acceptors (Lipinski definition) is 3. The Morgan fingerprint density at radius 1 is 1.32 bits per heavy atom. The number of para-hydroxylation sites is 1. The summed E-state index contributed by atoms with van der Waals surface area (Å²) >= 11 is 0. The van der Waals surface area contributed by atoms with Gasteiger partial charge in [-0.15, -0.1) is 0 Å². The van der Waals surface area contributed by atoms with Gasteiger partial charge >= 0.3 is 0 Å². The van der Waals surface area contributed by atoms with E-state index in [2.05, 4.69) is 24.5 Å². The minimum Gasteiger partial charge on any atom is -0.496 e. The van der Waals surface area contributed by atoms with Crippen molar-refractivity contribution in [2.45, 2.75) is 26.2 Å². The van der Waals surface area contributed by atoms with Crippen molar-refractivity contribution in [2.24, 2.45) is 0 Å². The van der Waals surface area contributed by atoms with Gasteiger partial charge in [-0.25, -0.2) is 0 Å². The quantitative estimate of drug-likeness (QED) is 0.788. The fraction of sp³-hybridized carbons (Fsp3) is 0.533. The number of ether oxygens (including phenoxy) is 1. The predicted octanol–water partition coefficient (Wildman–Crippen LogP) is 1.70. The summed E-state index contributed by atoms with van der Waals surface area (Å²) in [6.07, 6.45) is 0. The Kier molecular flexibility index (Phi) is 5.83. The number of carbonyl (C=O) groups excluding carboxylic acids is 1. The van der Waals surface area contributed by atoms with E-state index in [0.717, 1.165) is 17.9 Å². The van der Waals surface area contributed by atoms with E-state index >= 15 is 0 Å². The summed E-state index contributed by atoms with van der Waals surface area (Å²) in [6.45, 7) is 7.91. The summed E-state index contributed by atoms with van der Waals surface area (Å²) in [5, 5.41) is 5.96. The molecule has 1 amide bonds. The normalized spacial score (nSPS) is 11.2. The smallest absolute Gasteiger partial charge is 0.233 e. The molecule has 0 spiro atoms. The minimum absolute atomic E-state index is 0.0184. The third kappa shape index (κ3) is 4.56. The van der Waals surface area contributed by atoms with Crippen LogP contribution in [0.3, 0.4) is 0 Å². The molecule has 0 fully saturated rings. The molecule has 0 aliphatic carbocycles. The van der Waals surface area contributed by atoms with Gasteiger partial charge in [-0.05, 0) is 12.6 Å². The number of rotatable bonds is 7. The van der Waals surface area contributed by atoms with E-state index in [4.69, 9.17) is 4.74 Å². The molecule has 0 saturated carbocycles. The summed E-state index contributed by atoms with van der Waals surface area (Å²) < 4.78 is 5.38. The fourth-order valence-electron chi connectivity index (χ4n) is 1.92. The molecule has 19 heavy (non-hydrogen) atoms. The maximum atomic E-state index is 11.6. The van der Waals surface area contributed by atoms with Crippen molar-refractivity contribution in [3.8, 4) is 5.75 Å². The Bertz CT molecular complexity index is 416. The van der Waals surface area contributed by atoms with Crippen LogP contribution in [-0.4, -0.2) is 32.7 Å². The van der Waals surface area contributed by atoms with Crippen molar-refractivity contribution in [3.63, 3.8) is 0 Å². The summed E-state index contributed by atoms with van der Waals surface area (Å²) in [5.41, 5.74) is 0.926. The topological polar surface area (TPSA) is 50.4 Å². The van der Waals surface area contributed by atoms with Crippen molar-refractivity contribution in [2.75, 3.05) is 26.7 Å². The molecule has 2 N–H and O–H groups in total. The highest BCUT2D eigenvalue weighted by Crippen LogP contribution is 2.30. The van der Waals surface area contributed by atoms with E-state index in [-0.39, 0.29) is 11.3 Å². The molecule has 0 aliphatic heterocycles. The summed E-state index contributed by atoms with van der Waals surface area (Å²) in [6, 6.07) is 7.91. The lowest BCUT2D eigenvalue weighted by Gasteiger charge is -2.27. The first-order valence-corrected chi connectivity index (χ1v) is 6.62. The number of amides is 1. The second-order valence-corrected chi connectivity index (χ2v) is 5.14. The lowest BCUT2D eigenvalue weighted by molar-refractivity contribution is -0.120. The molecule has 106 valence electrons. The van der Waals surface area contributed by atoms with Crippen molar-refractivity contribution in [1.29, 1.82) is 0 Å². The molecule has 1 aromatic rings. The van der Waals surface area contributed by atoms with Gasteiger partial charge in [-0.3, -0.25) is 4.79 Å². The van der Waals surface area contributed by atoms with Crippen LogP contribution in [0.1, 0.15) is 26.3 Å². The van der Waals surface area contributed by atoms with Crippen LogP contribution in [0.5, 0.6) is 5.75 Å². The van der Waals surface area contributed by atoms with Crippen LogP contribution in [0.2, 0.25) is 0 Å². The largest absolute Gasteiger partial charge is 0.496 e. The molecule has 0 unspecified atom stereocenters. The molecule has 0 heterocycles. The van der Waals surface area contributed by atoms with Crippen LogP contribution in [-0.2, 0) is 10.2 Å². The lowest BCUT2D eigenvalue weighted by Crippen LogP contribution is -2.41. The summed E-state index contributed by atoms with van der Waals surface area (Å²) in [4.78, 5) is 11.6. The molecule has 0 radical (unpaired) electrons. The maximum absolute atomic E-state index is 11.6. The van der Waals surface area contributed by atoms with Crippen molar-refractivity contribution < 1.29 is 9.53 Å². The number of nitrogens with one attached hydrogen (secondary N) is 2. The van der Waals surface area contributed by atoms with Gasteiger partial charge in [0.05, 0.1) is 13.7 Å². The van der Waals surface area contributed by atoms with Crippen LogP contribution in [0.15, 0.2) is 24.3 Å². The van der Waals surface area contributed by atoms with E-state index in [0.29, 0.717) is 13.1 Å². The third-order valence-corrected chi connectivity index (χ3v) is 3.10. The molecule has 0 bridgehead atoms. The van der Waals surface area contributed by atoms with Gasteiger partial charge in [0.15, 0.2) is 0 Å².